The van der Waals surface area contributed by atoms with Gasteiger partial charge in [-0.25, -0.2) is 4.98 Å². The number of ether oxygens (including phenoxy) is 1. The summed E-state index contributed by atoms with van der Waals surface area (Å²) in [6.07, 6.45) is 0. The first-order valence-corrected chi connectivity index (χ1v) is 11.7. The average Bonchev–Trinajstić information content (AvgIpc) is 3.36. The summed E-state index contributed by atoms with van der Waals surface area (Å²) in [4.78, 5) is 32.4. The molecule has 9 heteroatoms. The van der Waals surface area contributed by atoms with Gasteiger partial charge in [-0.05, 0) is 60.2 Å². The maximum atomic E-state index is 13.3. The second-order valence-corrected chi connectivity index (χ2v) is 9.44. The van der Waals surface area contributed by atoms with E-state index in [1.165, 1.54) is 16.2 Å². The summed E-state index contributed by atoms with van der Waals surface area (Å²) in [6, 6.07) is 17.7. The largest absolute Gasteiger partial charge is 0.507 e. The Morgan fingerprint density at radius 1 is 1.03 bits per heavy atom. The van der Waals surface area contributed by atoms with Gasteiger partial charge in [0.15, 0.2) is 5.13 Å². The van der Waals surface area contributed by atoms with Gasteiger partial charge in [-0.3, -0.25) is 14.5 Å². The molecule has 0 saturated carbocycles. The second kappa shape index (κ2) is 8.76. The first-order valence-electron chi connectivity index (χ1n) is 10.1. The lowest BCUT2D eigenvalue weighted by molar-refractivity contribution is -0.132. The van der Waals surface area contributed by atoms with Gasteiger partial charge in [0.2, 0.25) is 0 Å². The number of carbonyl (C=O) groups excluding carboxylic acids is 2. The van der Waals surface area contributed by atoms with E-state index in [2.05, 4.69) is 4.98 Å². The van der Waals surface area contributed by atoms with E-state index in [0.29, 0.717) is 37.6 Å². The van der Waals surface area contributed by atoms with Crippen LogP contribution in [0.5, 0.6) is 5.75 Å². The molecule has 170 valence electrons. The van der Waals surface area contributed by atoms with Gasteiger partial charge in [0.25, 0.3) is 5.78 Å². The lowest BCUT2D eigenvalue weighted by Gasteiger charge is -2.23. The zero-order valence-electron chi connectivity index (χ0n) is 17.7. The molecular formula is C25H16Cl2N2O4S. The van der Waals surface area contributed by atoms with Crippen LogP contribution in [-0.2, 0) is 9.59 Å². The Morgan fingerprint density at radius 2 is 1.79 bits per heavy atom. The van der Waals surface area contributed by atoms with Gasteiger partial charge in [-0.15, -0.1) is 0 Å². The van der Waals surface area contributed by atoms with Crippen LogP contribution < -0.4 is 9.64 Å². The van der Waals surface area contributed by atoms with Crippen molar-refractivity contribution in [2.75, 3.05) is 12.0 Å². The van der Waals surface area contributed by atoms with Crippen molar-refractivity contribution < 1.29 is 19.4 Å². The van der Waals surface area contributed by atoms with Crippen LogP contribution in [0.4, 0.5) is 5.13 Å². The third-order valence-corrected chi connectivity index (χ3v) is 7.02. The number of hydrogen-bond acceptors (Lipinski definition) is 6. The van der Waals surface area contributed by atoms with Gasteiger partial charge in [-0.2, -0.15) is 0 Å². The molecule has 0 bridgehead atoms. The molecule has 34 heavy (non-hydrogen) atoms. The van der Waals surface area contributed by atoms with Gasteiger partial charge in [0.05, 0.1) is 28.9 Å². The van der Waals surface area contributed by atoms with E-state index in [1.54, 1.807) is 67.8 Å². The quantitative estimate of drug-likeness (QED) is 0.199. The molecular weight excluding hydrogens is 495 g/mol. The molecule has 5 rings (SSSR count). The van der Waals surface area contributed by atoms with Crippen molar-refractivity contribution in [3.05, 3.63) is 93.5 Å². The third-order valence-electron chi connectivity index (χ3n) is 5.52. The van der Waals surface area contributed by atoms with E-state index in [0.717, 1.165) is 4.70 Å². The molecule has 3 aromatic carbocycles. The summed E-state index contributed by atoms with van der Waals surface area (Å²) >= 11 is 13.5. The Kier molecular flexibility index (Phi) is 5.77. The lowest BCUT2D eigenvalue weighted by Crippen LogP contribution is -2.29. The predicted octanol–water partition coefficient (Wildman–Crippen LogP) is 6.24. The van der Waals surface area contributed by atoms with Gasteiger partial charge in [0, 0.05) is 15.6 Å². The molecule has 4 aromatic rings. The molecule has 0 radical (unpaired) electrons. The molecule has 1 N–H and O–H groups in total. The maximum Gasteiger partial charge on any atom is 0.301 e. The van der Waals surface area contributed by atoms with Crippen molar-refractivity contribution in [3.8, 4) is 5.75 Å². The number of rotatable bonds is 4. The fourth-order valence-corrected chi connectivity index (χ4v) is 5.25. The monoisotopic (exact) mass is 510 g/mol. The predicted molar refractivity (Wildman–Crippen MR) is 134 cm³/mol. The minimum absolute atomic E-state index is 0.0496. The van der Waals surface area contributed by atoms with Crippen LogP contribution >= 0.6 is 34.5 Å². The number of halogens is 2. The number of nitrogens with zero attached hydrogens (tertiary/aromatic N) is 2. The third kappa shape index (κ3) is 3.81. The number of carbonyl (C=O) groups is 2. The van der Waals surface area contributed by atoms with Crippen LogP contribution in [0.25, 0.3) is 16.0 Å². The number of Topliss-reactive ketones (excluding diaryl/α,β-unsaturated/α-hetero) is 1. The summed E-state index contributed by atoms with van der Waals surface area (Å²) in [5.41, 5.74) is 1.54. The zero-order chi connectivity index (χ0) is 24.0. The summed E-state index contributed by atoms with van der Waals surface area (Å²) in [5.74, 6) is -1.25. The first kappa shape index (κ1) is 22.4. The highest BCUT2D eigenvalue weighted by atomic mass is 35.5. The summed E-state index contributed by atoms with van der Waals surface area (Å²) < 4.78 is 6.07. The van der Waals surface area contributed by atoms with Crippen molar-refractivity contribution in [1.82, 2.24) is 4.98 Å². The van der Waals surface area contributed by atoms with Crippen molar-refractivity contribution in [1.29, 1.82) is 0 Å². The van der Waals surface area contributed by atoms with Crippen LogP contribution in [0.3, 0.4) is 0 Å². The zero-order valence-corrected chi connectivity index (χ0v) is 20.0. The fourth-order valence-electron chi connectivity index (χ4n) is 3.91. The second-order valence-electron chi connectivity index (χ2n) is 7.56. The van der Waals surface area contributed by atoms with E-state index in [4.69, 9.17) is 27.9 Å². The topological polar surface area (TPSA) is 79.7 Å². The highest BCUT2D eigenvalue weighted by molar-refractivity contribution is 7.22. The summed E-state index contributed by atoms with van der Waals surface area (Å²) in [6.45, 7) is 0. The lowest BCUT2D eigenvalue weighted by atomic mass is 9.95. The molecule has 1 unspecified atom stereocenters. The number of hydrogen-bond donors (Lipinski definition) is 1. The Balaban J connectivity index is 1.72. The van der Waals surface area contributed by atoms with Crippen molar-refractivity contribution >= 4 is 67.3 Å². The molecule has 6 nitrogen and oxygen atoms in total. The average molecular weight is 511 g/mol. The smallest absolute Gasteiger partial charge is 0.301 e. The van der Waals surface area contributed by atoms with E-state index in [-0.39, 0.29) is 11.3 Å². The Labute approximate surface area is 208 Å². The number of fused-ring (bicyclic) bond motifs is 1. The van der Waals surface area contributed by atoms with Crippen LogP contribution in [0.2, 0.25) is 10.0 Å². The van der Waals surface area contributed by atoms with Gasteiger partial charge >= 0.3 is 5.91 Å². The molecule has 1 saturated heterocycles. The highest BCUT2D eigenvalue weighted by Crippen LogP contribution is 2.45. The molecule has 1 aromatic heterocycles. The number of aliphatic hydroxyl groups is 1. The number of aromatic nitrogens is 1. The molecule has 0 aliphatic carbocycles. The van der Waals surface area contributed by atoms with Crippen LogP contribution in [0.1, 0.15) is 17.2 Å². The van der Waals surface area contributed by atoms with Crippen molar-refractivity contribution in [2.45, 2.75) is 6.04 Å². The highest BCUT2D eigenvalue weighted by Gasteiger charge is 2.48. The van der Waals surface area contributed by atoms with Crippen LogP contribution in [0.15, 0.2) is 72.3 Å². The molecule has 1 aliphatic rings. The van der Waals surface area contributed by atoms with Gasteiger partial charge < -0.3 is 9.84 Å². The number of aliphatic hydroxyl groups excluding tert-OH is 1. The van der Waals surface area contributed by atoms with Gasteiger partial charge in [0.1, 0.15) is 11.5 Å². The number of amides is 1. The minimum Gasteiger partial charge on any atom is -0.507 e. The number of ketones is 1. The molecule has 1 amide bonds. The minimum atomic E-state index is -0.920. The van der Waals surface area contributed by atoms with Gasteiger partial charge in [-0.1, -0.05) is 46.7 Å². The molecule has 2 heterocycles. The number of thiazole rings is 1. The Bertz CT molecular complexity index is 1480. The number of benzene rings is 3. The van der Waals surface area contributed by atoms with Crippen molar-refractivity contribution in [3.63, 3.8) is 0 Å². The van der Waals surface area contributed by atoms with Crippen LogP contribution in [0, 0.1) is 0 Å². The SMILES string of the molecule is COc1ccc2nc(N3C(=O)C(=O)/C(=C(/O)c4ccc(Cl)cc4)C3c3cccc(Cl)c3)sc2c1. The Morgan fingerprint density at radius 3 is 2.50 bits per heavy atom. The molecule has 1 atom stereocenters. The molecule has 1 fully saturated rings. The van der Waals surface area contributed by atoms with E-state index in [1.807, 2.05) is 6.07 Å². The first-order chi connectivity index (χ1) is 16.4. The van der Waals surface area contributed by atoms with E-state index >= 15 is 0 Å². The summed E-state index contributed by atoms with van der Waals surface area (Å²) in [5, 5.41) is 12.4. The van der Waals surface area contributed by atoms with Crippen LogP contribution in [-0.4, -0.2) is 28.9 Å². The number of methoxy groups -OCH3 is 1. The fraction of sp³-hybridized carbons (Fsp3) is 0.0800. The van der Waals surface area contributed by atoms with E-state index in [9.17, 15) is 14.7 Å². The number of anilines is 1. The normalized spacial score (nSPS) is 17.5. The van der Waals surface area contributed by atoms with E-state index < -0.39 is 17.7 Å². The Hall–Kier alpha value is -3.39. The van der Waals surface area contributed by atoms with Crippen molar-refractivity contribution in [2.24, 2.45) is 0 Å². The molecule has 0 spiro atoms. The summed E-state index contributed by atoms with van der Waals surface area (Å²) in [7, 11) is 1.57. The maximum absolute atomic E-state index is 13.3. The molecule has 1 aliphatic heterocycles. The standard InChI is InChI=1S/C25H16Cl2N2O4S/c1-33-17-9-10-18-19(12-17)34-25(28-18)29-21(14-3-2-4-16(27)11-14)20(23(31)24(29)32)22(30)13-5-7-15(26)8-6-13/h2-12,21,30H,1H3/b22-20+.